The molecule has 0 saturated carbocycles. The second-order valence-corrected chi connectivity index (χ2v) is 6.73. The van der Waals surface area contributed by atoms with Crippen molar-refractivity contribution in [3.8, 4) is 0 Å². The highest BCUT2D eigenvalue weighted by Crippen LogP contribution is 2.21. The number of aryl methyl sites for hydroxylation is 1. The summed E-state index contributed by atoms with van der Waals surface area (Å²) in [6.07, 6.45) is 2.92. The van der Waals surface area contributed by atoms with Crippen molar-refractivity contribution in [2.75, 3.05) is 13.7 Å². The lowest BCUT2D eigenvalue weighted by molar-refractivity contribution is -0.122. The first-order valence-electron chi connectivity index (χ1n) is 9.13. The third-order valence-corrected chi connectivity index (χ3v) is 4.85. The van der Waals surface area contributed by atoms with Crippen LogP contribution in [0.15, 0.2) is 35.1 Å². The van der Waals surface area contributed by atoms with E-state index in [4.69, 9.17) is 4.74 Å². The molecule has 3 rings (SSSR count). The van der Waals surface area contributed by atoms with E-state index in [9.17, 15) is 9.59 Å². The topological polar surface area (TPSA) is 78.2 Å². The Morgan fingerprint density at radius 3 is 2.88 bits per heavy atom. The molecule has 0 bridgehead atoms. The molecule has 2 heterocycles. The second kappa shape index (κ2) is 8.80. The molecule has 1 N–H and O–H groups in total. The third-order valence-electron chi connectivity index (χ3n) is 4.85. The summed E-state index contributed by atoms with van der Waals surface area (Å²) >= 11 is 0. The average Bonchev–Trinajstić information content (AvgIpc) is 2.82. The third kappa shape index (κ3) is 4.60. The molecule has 0 aliphatic carbocycles. The van der Waals surface area contributed by atoms with Gasteiger partial charge in [0.2, 0.25) is 5.91 Å². The fourth-order valence-corrected chi connectivity index (χ4v) is 3.34. The van der Waals surface area contributed by atoms with Crippen LogP contribution in [0.4, 0.5) is 0 Å². The van der Waals surface area contributed by atoms with E-state index < -0.39 is 0 Å². The molecule has 1 aliphatic rings. The Kier molecular flexibility index (Phi) is 6.22. The van der Waals surface area contributed by atoms with Crippen molar-refractivity contribution in [2.24, 2.45) is 5.92 Å². The number of nitrogens with one attached hydrogen (secondary N) is 1. The van der Waals surface area contributed by atoms with E-state index in [0.717, 1.165) is 30.7 Å². The molecule has 1 aromatic heterocycles. The predicted octanol–water partition coefficient (Wildman–Crippen LogP) is 1.35. The number of aromatic nitrogens is 3. The molecule has 1 aliphatic heterocycles. The highest BCUT2D eigenvalue weighted by Gasteiger charge is 2.22. The van der Waals surface area contributed by atoms with E-state index in [1.165, 1.54) is 4.68 Å². The molecule has 0 fully saturated rings. The normalized spacial score (nSPS) is 16.7. The van der Waals surface area contributed by atoms with Crippen molar-refractivity contribution in [2.45, 2.75) is 45.3 Å². The molecule has 140 valence electrons. The number of fused-ring (bicyclic) bond motifs is 1. The molecule has 0 radical (unpaired) electrons. The van der Waals surface area contributed by atoms with Crippen LogP contribution in [0.25, 0.3) is 0 Å². The van der Waals surface area contributed by atoms with Gasteiger partial charge in [0.25, 0.3) is 0 Å². The Bertz CT molecular complexity index is 782. The molecule has 0 spiro atoms. The lowest BCUT2D eigenvalue weighted by Crippen LogP contribution is -2.28. The number of rotatable bonds is 7. The first-order chi connectivity index (χ1) is 12.7. The van der Waals surface area contributed by atoms with Crippen molar-refractivity contribution in [3.63, 3.8) is 0 Å². The van der Waals surface area contributed by atoms with Crippen LogP contribution in [0.3, 0.4) is 0 Å². The van der Waals surface area contributed by atoms with Crippen molar-refractivity contribution in [1.82, 2.24) is 19.7 Å². The van der Waals surface area contributed by atoms with Gasteiger partial charge in [0.05, 0.1) is 13.2 Å². The molecule has 0 saturated heterocycles. The summed E-state index contributed by atoms with van der Waals surface area (Å²) < 4.78 is 8.25. The van der Waals surface area contributed by atoms with Crippen LogP contribution in [-0.4, -0.2) is 34.0 Å². The van der Waals surface area contributed by atoms with Crippen LogP contribution in [0, 0.1) is 5.92 Å². The van der Waals surface area contributed by atoms with Gasteiger partial charge >= 0.3 is 5.69 Å². The van der Waals surface area contributed by atoms with Crippen molar-refractivity contribution >= 4 is 5.91 Å². The smallest absolute Gasteiger partial charge is 0.345 e. The lowest BCUT2D eigenvalue weighted by atomic mass is 9.96. The van der Waals surface area contributed by atoms with Gasteiger partial charge in [-0.3, -0.25) is 9.36 Å². The summed E-state index contributed by atoms with van der Waals surface area (Å²) in [4.78, 5) is 24.6. The van der Waals surface area contributed by atoms with E-state index in [-0.39, 0.29) is 17.5 Å². The maximum atomic E-state index is 12.4. The number of methoxy groups -OCH3 is 1. The summed E-state index contributed by atoms with van der Waals surface area (Å²) in [5, 5.41) is 7.41. The van der Waals surface area contributed by atoms with Gasteiger partial charge in [0.1, 0.15) is 5.82 Å². The molecule has 26 heavy (non-hydrogen) atoms. The van der Waals surface area contributed by atoms with E-state index in [1.807, 2.05) is 30.3 Å². The number of ether oxygens (including phenoxy) is 1. The number of amides is 1. The molecule has 1 atom stereocenters. The van der Waals surface area contributed by atoms with E-state index in [2.05, 4.69) is 10.4 Å². The van der Waals surface area contributed by atoms with Crippen molar-refractivity contribution < 1.29 is 9.53 Å². The quantitative estimate of drug-likeness (QED) is 0.810. The summed E-state index contributed by atoms with van der Waals surface area (Å²) in [6.45, 7) is 2.12. The van der Waals surface area contributed by atoms with Gasteiger partial charge in [-0.25, -0.2) is 9.48 Å². The predicted molar refractivity (Wildman–Crippen MR) is 97.7 cm³/mol. The standard InChI is InChI=1S/C19H26N4O3/c1-26-12-11-23-19(25)22-10-9-15(7-8-17(22)21-23)13-18(24)20-14-16-5-3-2-4-6-16/h2-6,15H,7-14H2,1H3,(H,20,24). The zero-order valence-electron chi connectivity index (χ0n) is 15.2. The van der Waals surface area contributed by atoms with Crippen LogP contribution in [0.5, 0.6) is 0 Å². The molecule has 7 nitrogen and oxygen atoms in total. The average molecular weight is 358 g/mol. The molecular formula is C19H26N4O3. The molecule has 2 aromatic rings. The second-order valence-electron chi connectivity index (χ2n) is 6.73. The number of hydrogen-bond donors (Lipinski definition) is 1. The summed E-state index contributed by atoms with van der Waals surface area (Å²) in [6, 6.07) is 9.89. The Morgan fingerprint density at radius 1 is 1.31 bits per heavy atom. The maximum Gasteiger partial charge on any atom is 0.345 e. The number of nitrogens with zero attached hydrogens (tertiary/aromatic N) is 3. The van der Waals surface area contributed by atoms with Crippen molar-refractivity contribution in [3.05, 3.63) is 52.2 Å². The van der Waals surface area contributed by atoms with Gasteiger partial charge in [0.15, 0.2) is 0 Å². The Morgan fingerprint density at radius 2 is 2.12 bits per heavy atom. The van der Waals surface area contributed by atoms with Gasteiger partial charge in [-0.2, -0.15) is 5.10 Å². The monoisotopic (exact) mass is 358 g/mol. The van der Waals surface area contributed by atoms with Crippen LogP contribution in [-0.2, 0) is 35.6 Å². The minimum Gasteiger partial charge on any atom is -0.383 e. The number of benzene rings is 1. The molecule has 1 aromatic carbocycles. The van der Waals surface area contributed by atoms with Gasteiger partial charge in [0, 0.05) is 33.0 Å². The Balaban J connectivity index is 1.51. The zero-order chi connectivity index (χ0) is 18.4. The minimum absolute atomic E-state index is 0.0656. The molecular weight excluding hydrogens is 332 g/mol. The van der Waals surface area contributed by atoms with E-state index in [0.29, 0.717) is 32.7 Å². The number of carbonyl (C=O) groups is 1. The zero-order valence-corrected chi connectivity index (χ0v) is 15.2. The minimum atomic E-state index is -0.0776. The highest BCUT2D eigenvalue weighted by molar-refractivity contribution is 5.76. The number of carbonyl (C=O) groups excluding carboxylic acids is 1. The fraction of sp³-hybridized carbons (Fsp3) is 0.526. The first kappa shape index (κ1) is 18.4. The molecule has 1 unspecified atom stereocenters. The molecule has 7 heteroatoms. The van der Waals surface area contributed by atoms with Gasteiger partial charge in [-0.05, 0) is 24.3 Å². The van der Waals surface area contributed by atoms with Crippen LogP contribution < -0.4 is 11.0 Å². The fourth-order valence-electron chi connectivity index (χ4n) is 3.34. The molecule has 1 amide bonds. The maximum absolute atomic E-state index is 12.4. The van der Waals surface area contributed by atoms with Crippen molar-refractivity contribution in [1.29, 1.82) is 0 Å². The van der Waals surface area contributed by atoms with E-state index >= 15 is 0 Å². The van der Waals surface area contributed by atoms with Gasteiger partial charge in [-0.15, -0.1) is 0 Å². The number of hydrogen-bond acceptors (Lipinski definition) is 4. The summed E-state index contributed by atoms with van der Waals surface area (Å²) in [7, 11) is 1.61. The van der Waals surface area contributed by atoms with Gasteiger partial charge in [-0.1, -0.05) is 30.3 Å². The largest absolute Gasteiger partial charge is 0.383 e. The van der Waals surface area contributed by atoms with Crippen LogP contribution >= 0.6 is 0 Å². The lowest BCUT2D eigenvalue weighted by Gasteiger charge is -2.13. The SMILES string of the molecule is COCCn1nc2n(c1=O)CCC(CC(=O)NCc1ccccc1)CC2. The highest BCUT2D eigenvalue weighted by atomic mass is 16.5. The first-order valence-corrected chi connectivity index (χ1v) is 9.13. The van der Waals surface area contributed by atoms with Crippen LogP contribution in [0.1, 0.15) is 30.7 Å². The van der Waals surface area contributed by atoms with E-state index in [1.54, 1.807) is 11.7 Å². The summed E-state index contributed by atoms with van der Waals surface area (Å²) in [5.41, 5.74) is 1.02. The Hall–Kier alpha value is -2.41. The Labute approximate surface area is 153 Å². The van der Waals surface area contributed by atoms with Gasteiger partial charge < -0.3 is 10.1 Å². The van der Waals surface area contributed by atoms with Crippen LogP contribution in [0.2, 0.25) is 0 Å². The summed E-state index contributed by atoms with van der Waals surface area (Å²) in [5.74, 6) is 1.16.